The highest BCUT2D eigenvalue weighted by Crippen LogP contribution is 2.23. The maximum Gasteiger partial charge on any atom is 0.223 e. The number of nitrogens with zero attached hydrogens (tertiary/aromatic N) is 3. The maximum absolute atomic E-state index is 12.1. The number of aromatic nitrogens is 3. The summed E-state index contributed by atoms with van der Waals surface area (Å²) in [6, 6.07) is 7.58. The zero-order valence-corrected chi connectivity index (χ0v) is 13.4. The number of ether oxygens (including phenoxy) is 1. The van der Waals surface area contributed by atoms with E-state index in [1.807, 2.05) is 30.5 Å². The van der Waals surface area contributed by atoms with Crippen molar-refractivity contribution in [3.8, 4) is 11.4 Å². The van der Waals surface area contributed by atoms with Crippen molar-refractivity contribution < 1.29 is 9.53 Å². The number of amides is 1. The number of hydrogen-bond donors (Lipinski definition) is 1. The first-order chi connectivity index (χ1) is 11.3. The van der Waals surface area contributed by atoms with Crippen LogP contribution < -0.4 is 10.1 Å². The van der Waals surface area contributed by atoms with E-state index in [0.717, 1.165) is 42.8 Å². The van der Waals surface area contributed by atoms with Gasteiger partial charge in [0.15, 0.2) is 0 Å². The average Bonchev–Trinajstić information content (AvgIpc) is 3.09. The van der Waals surface area contributed by atoms with Crippen molar-refractivity contribution >= 4 is 5.91 Å². The summed E-state index contributed by atoms with van der Waals surface area (Å²) in [5, 5.41) is 11.2. The van der Waals surface area contributed by atoms with Gasteiger partial charge in [-0.05, 0) is 37.1 Å². The third kappa shape index (κ3) is 3.88. The summed E-state index contributed by atoms with van der Waals surface area (Å²) in [6.45, 7) is 0.422. The van der Waals surface area contributed by atoms with E-state index in [-0.39, 0.29) is 11.8 Å². The molecule has 0 bridgehead atoms. The zero-order chi connectivity index (χ0) is 16.1. The number of nitrogens with one attached hydrogen (secondary N) is 1. The predicted octanol–water partition coefficient (Wildman–Crippen LogP) is 2.47. The van der Waals surface area contributed by atoms with Gasteiger partial charge in [0.05, 0.1) is 25.5 Å². The molecule has 0 spiro atoms. The lowest BCUT2D eigenvalue weighted by Crippen LogP contribution is -2.31. The Labute approximate surface area is 135 Å². The number of rotatable bonds is 5. The summed E-state index contributed by atoms with van der Waals surface area (Å²) in [5.74, 6) is 1.11. The van der Waals surface area contributed by atoms with E-state index in [1.165, 1.54) is 6.42 Å². The van der Waals surface area contributed by atoms with Crippen molar-refractivity contribution in [3.63, 3.8) is 0 Å². The van der Waals surface area contributed by atoms with Gasteiger partial charge in [0, 0.05) is 5.92 Å². The van der Waals surface area contributed by atoms with Gasteiger partial charge in [-0.3, -0.25) is 4.79 Å². The van der Waals surface area contributed by atoms with E-state index in [4.69, 9.17) is 4.74 Å². The molecule has 1 aliphatic carbocycles. The van der Waals surface area contributed by atoms with Crippen molar-refractivity contribution in [2.45, 2.75) is 38.6 Å². The Hall–Kier alpha value is -2.37. The van der Waals surface area contributed by atoms with Crippen molar-refractivity contribution in [1.82, 2.24) is 20.3 Å². The molecular formula is C17H22N4O2. The lowest BCUT2D eigenvalue weighted by atomic mass is 9.89. The quantitative estimate of drug-likeness (QED) is 0.920. The van der Waals surface area contributed by atoms with Gasteiger partial charge in [-0.25, -0.2) is 4.68 Å². The molecule has 1 aromatic heterocycles. The first kappa shape index (κ1) is 15.5. The summed E-state index contributed by atoms with van der Waals surface area (Å²) < 4.78 is 6.84. The van der Waals surface area contributed by atoms with Gasteiger partial charge in [0.1, 0.15) is 11.4 Å². The molecule has 1 aromatic carbocycles. The van der Waals surface area contributed by atoms with Crippen molar-refractivity contribution in [1.29, 1.82) is 0 Å². The van der Waals surface area contributed by atoms with Crippen LogP contribution in [0.5, 0.6) is 5.75 Å². The van der Waals surface area contributed by atoms with Crippen LogP contribution >= 0.6 is 0 Å². The maximum atomic E-state index is 12.1. The predicted molar refractivity (Wildman–Crippen MR) is 86.3 cm³/mol. The molecule has 3 rings (SSSR count). The molecule has 1 amide bonds. The van der Waals surface area contributed by atoms with Crippen LogP contribution in [0.1, 0.15) is 37.8 Å². The van der Waals surface area contributed by atoms with E-state index >= 15 is 0 Å². The molecule has 23 heavy (non-hydrogen) atoms. The van der Waals surface area contributed by atoms with Crippen molar-refractivity contribution in [3.05, 3.63) is 36.2 Å². The second-order valence-electron chi connectivity index (χ2n) is 5.91. The van der Waals surface area contributed by atoms with Gasteiger partial charge in [-0.1, -0.05) is 24.5 Å². The minimum Gasteiger partial charge on any atom is -0.497 e. The van der Waals surface area contributed by atoms with Crippen molar-refractivity contribution in [2.75, 3.05) is 7.11 Å². The topological polar surface area (TPSA) is 69.0 Å². The fraction of sp³-hybridized carbons (Fsp3) is 0.471. The molecule has 1 N–H and O–H groups in total. The number of carbonyl (C=O) groups is 1. The van der Waals surface area contributed by atoms with E-state index in [1.54, 1.807) is 11.8 Å². The highest BCUT2D eigenvalue weighted by atomic mass is 16.5. The molecule has 0 saturated heterocycles. The minimum atomic E-state index is 0.142. The van der Waals surface area contributed by atoms with Crippen LogP contribution in [0.15, 0.2) is 30.5 Å². The minimum absolute atomic E-state index is 0.142. The fourth-order valence-electron chi connectivity index (χ4n) is 2.93. The van der Waals surface area contributed by atoms with Gasteiger partial charge < -0.3 is 10.1 Å². The van der Waals surface area contributed by atoms with E-state index in [9.17, 15) is 4.79 Å². The SMILES string of the molecule is COc1ccc(-n2cc(CNC(=O)C3CCCCC3)nn2)cc1. The lowest BCUT2D eigenvalue weighted by Gasteiger charge is -2.20. The summed E-state index contributed by atoms with van der Waals surface area (Å²) in [5.41, 5.74) is 1.66. The second-order valence-corrected chi connectivity index (χ2v) is 5.91. The van der Waals surface area contributed by atoms with Gasteiger partial charge in [0.2, 0.25) is 5.91 Å². The molecule has 1 fully saturated rings. The van der Waals surface area contributed by atoms with Crippen LogP contribution in [0.25, 0.3) is 5.69 Å². The van der Waals surface area contributed by atoms with E-state index in [2.05, 4.69) is 15.6 Å². The normalized spacial score (nSPS) is 15.3. The smallest absolute Gasteiger partial charge is 0.223 e. The summed E-state index contributed by atoms with van der Waals surface area (Å²) >= 11 is 0. The molecule has 2 aromatic rings. The Balaban J connectivity index is 1.57. The molecule has 122 valence electrons. The standard InChI is InChI=1S/C17H22N4O2/c1-23-16-9-7-15(8-10-16)21-12-14(19-20-21)11-18-17(22)13-5-3-2-4-6-13/h7-10,12-13H,2-6,11H2,1H3,(H,18,22). The zero-order valence-electron chi connectivity index (χ0n) is 13.4. The van der Waals surface area contributed by atoms with Gasteiger partial charge >= 0.3 is 0 Å². The molecule has 6 heteroatoms. The van der Waals surface area contributed by atoms with Crippen LogP contribution in [0, 0.1) is 5.92 Å². The number of benzene rings is 1. The summed E-state index contributed by atoms with van der Waals surface area (Å²) in [4.78, 5) is 12.1. The Kier molecular flexibility index (Phi) is 4.90. The average molecular weight is 314 g/mol. The number of carbonyl (C=O) groups excluding carboxylic acids is 1. The molecule has 0 unspecified atom stereocenters. The largest absolute Gasteiger partial charge is 0.497 e. The highest BCUT2D eigenvalue weighted by Gasteiger charge is 2.20. The first-order valence-corrected chi connectivity index (χ1v) is 8.09. The highest BCUT2D eigenvalue weighted by molar-refractivity contribution is 5.78. The molecule has 0 aliphatic heterocycles. The van der Waals surface area contributed by atoms with Crippen LogP contribution in [0.2, 0.25) is 0 Å². The number of hydrogen-bond acceptors (Lipinski definition) is 4. The molecule has 1 aliphatic rings. The Bertz CT molecular complexity index is 645. The Morgan fingerprint density at radius 1 is 1.26 bits per heavy atom. The van der Waals surface area contributed by atoms with Crippen LogP contribution in [0.3, 0.4) is 0 Å². The Morgan fingerprint density at radius 3 is 2.70 bits per heavy atom. The van der Waals surface area contributed by atoms with E-state index < -0.39 is 0 Å². The third-order valence-corrected chi connectivity index (χ3v) is 4.30. The van der Waals surface area contributed by atoms with E-state index in [0.29, 0.717) is 6.54 Å². The first-order valence-electron chi connectivity index (χ1n) is 8.09. The molecule has 1 saturated carbocycles. The Morgan fingerprint density at radius 2 is 2.00 bits per heavy atom. The second kappa shape index (κ2) is 7.26. The summed E-state index contributed by atoms with van der Waals surface area (Å²) in [6.07, 6.45) is 7.41. The van der Waals surface area contributed by atoms with Crippen LogP contribution in [0.4, 0.5) is 0 Å². The van der Waals surface area contributed by atoms with Crippen LogP contribution in [-0.4, -0.2) is 28.0 Å². The number of methoxy groups -OCH3 is 1. The van der Waals surface area contributed by atoms with Gasteiger partial charge in [0.25, 0.3) is 0 Å². The van der Waals surface area contributed by atoms with Gasteiger partial charge in [-0.15, -0.1) is 5.10 Å². The third-order valence-electron chi connectivity index (χ3n) is 4.30. The molecular weight excluding hydrogens is 292 g/mol. The monoisotopic (exact) mass is 314 g/mol. The molecule has 1 heterocycles. The van der Waals surface area contributed by atoms with Crippen molar-refractivity contribution in [2.24, 2.45) is 5.92 Å². The molecule has 0 radical (unpaired) electrons. The molecule has 6 nitrogen and oxygen atoms in total. The lowest BCUT2D eigenvalue weighted by molar-refractivity contribution is -0.126. The summed E-state index contributed by atoms with van der Waals surface area (Å²) in [7, 11) is 1.64. The van der Waals surface area contributed by atoms with Gasteiger partial charge in [-0.2, -0.15) is 0 Å². The molecule has 0 atom stereocenters. The van der Waals surface area contributed by atoms with Crippen LogP contribution in [-0.2, 0) is 11.3 Å². The fourth-order valence-corrected chi connectivity index (χ4v) is 2.93.